The quantitative estimate of drug-likeness (QED) is 0.579. The van der Waals surface area contributed by atoms with Gasteiger partial charge in [-0.05, 0) is 12.0 Å². The van der Waals surface area contributed by atoms with Crippen molar-refractivity contribution in [3.63, 3.8) is 0 Å². The van der Waals surface area contributed by atoms with Crippen molar-refractivity contribution in [3.8, 4) is 0 Å². The molecule has 20 heavy (non-hydrogen) atoms. The first-order valence-corrected chi connectivity index (χ1v) is 6.02. The lowest BCUT2D eigenvalue weighted by molar-refractivity contribution is -0.145. The monoisotopic (exact) mass is 280 g/mol. The highest BCUT2D eigenvalue weighted by atomic mass is 16.4. The molecule has 7 heteroatoms. The maximum Gasteiger partial charge on any atom is 0.326 e. The van der Waals surface area contributed by atoms with Crippen molar-refractivity contribution in [1.29, 1.82) is 0 Å². The van der Waals surface area contributed by atoms with Crippen LogP contribution in [-0.4, -0.2) is 40.8 Å². The predicted molar refractivity (Wildman–Crippen MR) is 70.4 cm³/mol. The number of carbonyl (C=O) groups is 3. The van der Waals surface area contributed by atoms with Crippen LogP contribution in [0.15, 0.2) is 30.3 Å². The Hall–Kier alpha value is -2.57. The van der Waals surface area contributed by atoms with Gasteiger partial charge in [-0.2, -0.15) is 0 Å². The number of carboxylic acid groups (broad SMARTS) is 2. The number of rotatable bonds is 7. The van der Waals surface area contributed by atoms with Gasteiger partial charge in [-0.25, -0.2) is 9.59 Å². The predicted octanol–water partition coefficient (Wildman–Crippen LogP) is 0.456. The van der Waals surface area contributed by atoms with E-state index in [9.17, 15) is 14.4 Å². The minimum absolute atomic E-state index is 0.329. The Morgan fingerprint density at radius 3 is 2.30 bits per heavy atom. The lowest BCUT2D eigenvalue weighted by Gasteiger charge is -2.13. The molecular formula is C13H16N2O5. The third-order valence-electron chi connectivity index (χ3n) is 2.52. The molecule has 0 bridgehead atoms. The van der Waals surface area contributed by atoms with Crippen molar-refractivity contribution >= 4 is 18.0 Å². The van der Waals surface area contributed by atoms with Gasteiger partial charge < -0.3 is 20.8 Å². The first kappa shape index (κ1) is 15.5. The van der Waals surface area contributed by atoms with E-state index in [2.05, 4.69) is 10.6 Å². The Balaban J connectivity index is 2.35. The van der Waals surface area contributed by atoms with Gasteiger partial charge >= 0.3 is 18.0 Å². The molecule has 0 radical (unpaired) electrons. The second-order valence-corrected chi connectivity index (χ2v) is 4.12. The molecule has 0 spiro atoms. The van der Waals surface area contributed by atoms with Gasteiger partial charge in [-0.3, -0.25) is 4.79 Å². The van der Waals surface area contributed by atoms with Gasteiger partial charge in [0.2, 0.25) is 0 Å². The maximum atomic E-state index is 11.5. The Labute approximate surface area is 115 Å². The molecule has 0 fully saturated rings. The molecule has 0 saturated heterocycles. The lowest BCUT2D eigenvalue weighted by atomic mass is 10.1. The number of benzene rings is 1. The molecular weight excluding hydrogens is 264 g/mol. The Morgan fingerprint density at radius 1 is 1.10 bits per heavy atom. The van der Waals surface area contributed by atoms with Crippen molar-refractivity contribution in [2.24, 2.45) is 0 Å². The molecule has 4 N–H and O–H groups in total. The largest absolute Gasteiger partial charge is 0.481 e. The summed E-state index contributed by atoms with van der Waals surface area (Å²) in [5.41, 5.74) is 1.04. The number of urea groups is 1. The van der Waals surface area contributed by atoms with E-state index in [1.165, 1.54) is 0 Å². The maximum absolute atomic E-state index is 11.5. The normalized spacial score (nSPS) is 11.4. The minimum Gasteiger partial charge on any atom is -0.481 e. The second-order valence-electron chi connectivity index (χ2n) is 4.12. The van der Waals surface area contributed by atoms with E-state index >= 15 is 0 Å². The lowest BCUT2D eigenvalue weighted by Crippen LogP contribution is -2.47. The molecule has 0 aliphatic carbocycles. The van der Waals surface area contributed by atoms with Crippen LogP contribution in [0.25, 0.3) is 0 Å². The van der Waals surface area contributed by atoms with Crippen LogP contribution in [0.3, 0.4) is 0 Å². The van der Waals surface area contributed by atoms with Crippen LogP contribution in [-0.2, 0) is 16.0 Å². The molecule has 0 unspecified atom stereocenters. The highest BCUT2D eigenvalue weighted by Gasteiger charge is 2.22. The zero-order valence-electron chi connectivity index (χ0n) is 10.7. The summed E-state index contributed by atoms with van der Waals surface area (Å²) in [5.74, 6) is -2.67. The SMILES string of the molecule is O=C(O)C[C@H](NC(=O)NCCc1ccccc1)C(=O)O. The highest BCUT2D eigenvalue weighted by Crippen LogP contribution is 1.98. The van der Waals surface area contributed by atoms with E-state index in [0.717, 1.165) is 5.56 Å². The van der Waals surface area contributed by atoms with Crippen LogP contribution in [0.4, 0.5) is 4.79 Å². The van der Waals surface area contributed by atoms with Crippen LogP contribution < -0.4 is 10.6 Å². The summed E-state index contributed by atoms with van der Waals surface area (Å²) in [6.45, 7) is 0.329. The number of hydrogen-bond acceptors (Lipinski definition) is 3. The fourth-order valence-corrected chi connectivity index (χ4v) is 1.55. The molecule has 0 aliphatic heterocycles. The Kier molecular flexibility index (Phi) is 6.02. The Bertz CT molecular complexity index is 475. The smallest absolute Gasteiger partial charge is 0.326 e. The molecule has 0 aliphatic rings. The molecule has 0 heterocycles. The summed E-state index contributed by atoms with van der Waals surface area (Å²) in [4.78, 5) is 32.7. The average Bonchev–Trinajstić information content (AvgIpc) is 2.38. The molecule has 108 valence electrons. The van der Waals surface area contributed by atoms with E-state index in [0.29, 0.717) is 13.0 Å². The van der Waals surface area contributed by atoms with Crippen LogP contribution >= 0.6 is 0 Å². The van der Waals surface area contributed by atoms with Crippen LogP contribution in [0.2, 0.25) is 0 Å². The standard InChI is InChI=1S/C13H16N2O5/c16-11(17)8-10(12(18)19)15-13(20)14-7-6-9-4-2-1-3-5-9/h1-5,10H,6-8H2,(H,16,17)(H,18,19)(H2,14,15,20)/t10-/m0/s1. The summed E-state index contributed by atoms with van der Waals surface area (Å²) in [6, 6.07) is 7.31. The topological polar surface area (TPSA) is 116 Å². The van der Waals surface area contributed by atoms with E-state index in [4.69, 9.17) is 10.2 Å². The summed E-state index contributed by atoms with van der Waals surface area (Å²) in [5, 5.41) is 21.9. The van der Waals surface area contributed by atoms with Gasteiger partial charge in [0.25, 0.3) is 0 Å². The summed E-state index contributed by atoms with van der Waals surface area (Å²) >= 11 is 0. The fraction of sp³-hybridized carbons (Fsp3) is 0.308. The number of aliphatic carboxylic acids is 2. The first-order chi connectivity index (χ1) is 9.49. The van der Waals surface area contributed by atoms with E-state index in [1.807, 2.05) is 30.3 Å². The second kappa shape index (κ2) is 7.78. The van der Waals surface area contributed by atoms with E-state index in [-0.39, 0.29) is 0 Å². The van der Waals surface area contributed by atoms with Gasteiger partial charge in [0.15, 0.2) is 0 Å². The molecule has 1 aromatic carbocycles. The van der Waals surface area contributed by atoms with Gasteiger partial charge in [-0.15, -0.1) is 0 Å². The Morgan fingerprint density at radius 2 is 1.75 bits per heavy atom. The number of nitrogens with one attached hydrogen (secondary N) is 2. The third kappa shape index (κ3) is 5.85. The van der Waals surface area contributed by atoms with Crippen molar-refractivity contribution in [3.05, 3.63) is 35.9 Å². The molecule has 7 nitrogen and oxygen atoms in total. The zero-order chi connectivity index (χ0) is 15.0. The fourth-order valence-electron chi connectivity index (χ4n) is 1.55. The minimum atomic E-state index is -1.44. The summed E-state index contributed by atoms with van der Waals surface area (Å²) < 4.78 is 0. The molecule has 0 saturated carbocycles. The molecule has 1 aromatic rings. The summed E-state index contributed by atoms with van der Waals surface area (Å²) in [6.07, 6.45) is -0.0631. The number of amides is 2. The number of hydrogen-bond donors (Lipinski definition) is 4. The van der Waals surface area contributed by atoms with Crippen molar-refractivity contribution in [2.45, 2.75) is 18.9 Å². The van der Waals surface area contributed by atoms with E-state index in [1.54, 1.807) is 0 Å². The van der Waals surface area contributed by atoms with Gasteiger partial charge in [-0.1, -0.05) is 30.3 Å². The van der Waals surface area contributed by atoms with Gasteiger partial charge in [0.05, 0.1) is 6.42 Å². The van der Waals surface area contributed by atoms with Crippen LogP contribution in [0, 0.1) is 0 Å². The zero-order valence-corrected chi connectivity index (χ0v) is 10.7. The van der Waals surface area contributed by atoms with Gasteiger partial charge in [0.1, 0.15) is 6.04 Å². The summed E-state index contributed by atoms with van der Waals surface area (Å²) in [7, 11) is 0. The van der Waals surface area contributed by atoms with Crippen molar-refractivity contribution in [2.75, 3.05) is 6.54 Å². The number of carbonyl (C=O) groups excluding carboxylic acids is 1. The number of carboxylic acids is 2. The van der Waals surface area contributed by atoms with Crippen LogP contribution in [0.1, 0.15) is 12.0 Å². The van der Waals surface area contributed by atoms with Crippen LogP contribution in [0.5, 0.6) is 0 Å². The van der Waals surface area contributed by atoms with Crippen molar-refractivity contribution < 1.29 is 24.6 Å². The molecule has 1 atom stereocenters. The van der Waals surface area contributed by atoms with Crippen molar-refractivity contribution in [1.82, 2.24) is 10.6 Å². The molecule has 0 aromatic heterocycles. The first-order valence-electron chi connectivity index (χ1n) is 6.02. The van der Waals surface area contributed by atoms with E-state index < -0.39 is 30.4 Å². The third-order valence-corrected chi connectivity index (χ3v) is 2.52. The van der Waals surface area contributed by atoms with Gasteiger partial charge in [0, 0.05) is 6.54 Å². The highest BCUT2D eigenvalue weighted by molar-refractivity contribution is 5.86. The molecule has 1 rings (SSSR count). The molecule has 2 amide bonds. The average molecular weight is 280 g/mol.